The van der Waals surface area contributed by atoms with Gasteiger partial charge in [0.05, 0.1) is 0 Å². The normalized spacial score (nSPS) is 12.4. The monoisotopic (exact) mass is 336 g/mol. The standard InChI is InChI=1S/C15H17BrN2S/c1-17-14(9-12-8-7-11(16)10-18-12)13-5-3-4-6-15(13)19-2/h3-8,10,14,17H,9H2,1-2H3. The highest BCUT2D eigenvalue weighted by atomic mass is 79.9. The topological polar surface area (TPSA) is 24.9 Å². The van der Waals surface area contributed by atoms with E-state index in [9.17, 15) is 0 Å². The van der Waals surface area contributed by atoms with Crippen LogP contribution >= 0.6 is 27.7 Å². The quantitative estimate of drug-likeness (QED) is 0.833. The molecule has 0 saturated carbocycles. The molecular formula is C15H17BrN2S. The zero-order chi connectivity index (χ0) is 13.7. The molecule has 2 nitrogen and oxygen atoms in total. The van der Waals surface area contributed by atoms with E-state index in [-0.39, 0.29) is 6.04 Å². The molecule has 0 aliphatic heterocycles. The molecule has 2 aromatic rings. The molecule has 0 spiro atoms. The lowest BCUT2D eigenvalue weighted by Crippen LogP contribution is -2.20. The Morgan fingerprint density at radius 2 is 2.05 bits per heavy atom. The average molecular weight is 337 g/mol. The summed E-state index contributed by atoms with van der Waals surface area (Å²) in [4.78, 5) is 5.77. The number of pyridine rings is 1. The van der Waals surface area contributed by atoms with E-state index in [1.54, 1.807) is 11.8 Å². The minimum Gasteiger partial charge on any atom is -0.313 e. The van der Waals surface area contributed by atoms with Gasteiger partial charge in [-0.3, -0.25) is 4.98 Å². The van der Waals surface area contributed by atoms with Crippen molar-refractivity contribution >= 4 is 27.7 Å². The fraction of sp³-hybridized carbons (Fsp3) is 0.267. The summed E-state index contributed by atoms with van der Waals surface area (Å²) in [5, 5.41) is 3.39. The molecule has 19 heavy (non-hydrogen) atoms. The summed E-state index contributed by atoms with van der Waals surface area (Å²) in [6.07, 6.45) is 4.85. The number of thioether (sulfide) groups is 1. The van der Waals surface area contributed by atoms with Crippen molar-refractivity contribution in [1.29, 1.82) is 0 Å². The molecule has 1 N–H and O–H groups in total. The first-order chi connectivity index (χ1) is 9.24. The van der Waals surface area contributed by atoms with Gasteiger partial charge in [-0.25, -0.2) is 0 Å². The number of nitrogens with zero attached hydrogens (tertiary/aromatic N) is 1. The summed E-state index contributed by atoms with van der Waals surface area (Å²) in [7, 11) is 2.00. The number of rotatable bonds is 5. The Kier molecular flexibility index (Phi) is 5.43. The van der Waals surface area contributed by atoms with Gasteiger partial charge in [0.15, 0.2) is 0 Å². The zero-order valence-corrected chi connectivity index (χ0v) is 13.5. The van der Waals surface area contributed by atoms with Crippen molar-refractivity contribution in [3.8, 4) is 0 Å². The number of hydrogen-bond donors (Lipinski definition) is 1. The summed E-state index contributed by atoms with van der Waals surface area (Å²) >= 11 is 5.20. The molecule has 2 rings (SSSR count). The van der Waals surface area contributed by atoms with Gasteiger partial charge in [-0.1, -0.05) is 18.2 Å². The number of likely N-dealkylation sites (N-methyl/N-ethyl adjacent to an activating group) is 1. The first-order valence-electron chi connectivity index (χ1n) is 6.15. The van der Waals surface area contributed by atoms with E-state index in [1.807, 2.05) is 19.3 Å². The Morgan fingerprint density at radius 3 is 2.68 bits per heavy atom. The summed E-state index contributed by atoms with van der Waals surface area (Å²) < 4.78 is 1.02. The van der Waals surface area contributed by atoms with E-state index in [4.69, 9.17) is 0 Å². The number of hydrogen-bond acceptors (Lipinski definition) is 3. The smallest absolute Gasteiger partial charge is 0.0423 e. The van der Waals surface area contributed by atoms with Crippen LogP contribution in [-0.2, 0) is 6.42 Å². The summed E-state index contributed by atoms with van der Waals surface area (Å²) in [5.74, 6) is 0. The van der Waals surface area contributed by atoms with Crippen LogP contribution in [0.5, 0.6) is 0 Å². The van der Waals surface area contributed by atoms with Crippen LogP contribution in [0.3, 0.4) is 0 Å². The SMILES string of the molecule is CNC(Cc1ccc(Br)cn1)c1ccccc1SC. The van der Waals surface area contributed by atoms with Crippen molar-refractivity contribution in [1.82, 2.24) is 10.3 Å². The second-order valence-corrected chi connectivity index (χ2v) is 6.02. The van der Waals surface area contributed by atoms with Crippen molar-refractivity contribution in [2.24, 2.45) is 0 Å². The molecule has 4 heteroatoms. The number of halogens is 1. The van der Waals surface area contributed by atoms with Crippen LogP contribution < -0.4 is 5.32 Å². The van der Waals surface area contributed by atoms with Crippen LogP contribution in [0.2, 0.25) is 0 Å². The summed E-state index contributed by atoms with van der Waals surface area (Å²) in [5.41, 5.74) is 2.43. The Labute approximate surface area is 127 Å². The fourth-order valence-corrected chi connectivity index (χ4v) is 2.95. The van der Waals surface area contributed by atoms with Crippen molar-refractivity contribution in [2.45, 2.75) is 17.4 Å². The molecule has 100 valence electrons. The third kappa shape index (κ3) is 3.81. The molecule has 1 heterocycles. The molecule has 0 fully saturated rings. The van der Waals surface area contributed by atoms with Crippen LogP contribution in [0.15, 0.2) is 52.0 Å². The largest absolute Gasteiger partial charge is 0.313 e. The Bertz CT molecular complexity index is 528. The lowest BCUT2D eigenvalue weighted by Gasteiger charge is -2.19. The second kappa shape index (κ2) is 7.08. The minimum atomic E-state index is 0.289. The molecule has 1 atom stereocenters. The van der Waals surface area contributed by atoms with Gasteiger partial charge in [0.2, 0.25) is 0 Å². The predicted octanol–water partition coefficient (Wildman–Crippen LogP) is 4.07. The maximum absolute atomic E-state index is 4.45. The lowest BCUT2D eigenvalue weighted by molar-refractivity contribution is 0.575. The molecule has 0 aliphatic carbocycles. The van der Waals surface area contributed by atoms with E-state index in [0.717, 1.165) is 16.6 Å². The van der Waals surface area contributed by atoms with Crippen LogP contribution in [-0.4, -0.2) is 18.3 Å². The van der Waals surface area contributed by atoms with Crippen molar-refractivity contribution in [3.05, 3.63) is 58.3 Å². The van der Waals surface area contributed by atoms with Gasteiger partial charge >= 0.3 is 0 Å². The molecule has 0 bridgehead atoms. The number of aromatic nitrogens is 1. The molecular weight excluding hydrogens is 320 g/mol. The Morgan fingerprint density at radius 1 is 1.26 bits per heavy atom. The second-order valence-electron chi connectivity index (χ2n) is 4.26. The van der Waals surface area contributed by atoms with Crippen LogP contribution in [0.25, 0.3) is 0 Å². The van der Waals surface area contributed by atoms with Gasteiger partial charge in [0, 0.05) is 33.7 Å². The van der Waals surface area contributed by atoms with Crippen molar-refractivity contribution in [3.63, 3.8) is 0 Å². The lowest BCUT2D eigenvalue weighted by atomic mass is 10.0. The molecule has 0 radical (unpaired) electrons. The van der Waals surface area contributed by atoms with Gasteiger partial charge in [-0.2, -0.15) is 0 Å². The van der Waals surface area contributed by atoms with Crippen molar-refractivity contribution < 1.29 is 0 Å². The average Bonchev–Trinajstić information content (AvgIpc) is 2.46. The van der Waals surface area contributed by atoms with Gasteiger partial charge in [0.1, 0.15) is 0 Å². The van der Waals surface area contributed by atoms with Crippen LogP contribution in [0.1, 0.15) is 17.3 Å². The highest BCUT2D eigenvalue weighted by Crippen LogP contribution is 2.27. The fourth-order valence-electron chi connectivity index (χ4n) is 2.06. The van der Waals surface area contributed by atoms with Gasteiger partial charge in [-0.15, -0.1) is 11.8 Å². The van der Waals surface area contributed by atoms with E-state index >= 15 is 0 Å². The highest BCUT2D eigenvalue weighted by molar-refractivity contribution is 9.10. The van der Waals surface area contributed by atoms with E-state index in [2.05, 4.69) is 62.8 Å². The van der Waals surface area contributed by atoms with E-state index in [1.165, 1.54) is 10.5 Å². The summed E-state index contributed by atoms with van der Waals surface area (Å²) in [6, 6.07) is 12.9. The predicted molar refractivity (Wildman–Crippen MR) is 85.7 cm³/mol. The number of benzene rings is 1. The Hall–Kier alpha value is -0.840. The third-order valence-corrected chi connectivity index (χ3v) is 4.35. The summed E-state index contributed by atoms with van der Waals surface area (Å²) in [6.45, 7) is 0. The Balaban J connectivity index is 2.22. The third-order valence-electron chi connectivity index (χ3n) is 3.06. The molecule has 1 unspecified atom stereocenters. The van der Waals surface area contributed by atoms with E-state index in [0.29, 0.717) is 0 Å². The zero-order valence-electron chi connectivity index (χ0n) is 11.1. The van der Waals surface area contributed by atoms with Gasteiger partial charge in [0.25, 0.3) is 0 Å². The molecule has 0 amide bonds. The first-order valence-corrected chi connectivity index (χ1v) is 8.17. The minimum absolute atomic E-state index is 0.289. The van der Waals surface area contributed by atoms with Gasteiger partial charge in [-0.05, 0) is 53.0 Å². The van der Waals surface area contributed by atoms with E-state index < -0.39 is 0 Å². The van der Waals surface area contributed by atoms with Gasteiger partial charge < -0.3 is 5.32 Å². The molecule has 0 aliphatic rings. The molecule has 1 aromatic carbocycles. The molecule has 0 saturated heterocycles. The van der Waals surface area contributed by atoms with Crippen molar-refractivity contribution in [2.75, 3.05) is 13.3 Å². The maximum Gasteiger partial charge on any atom is 0.0423 e. The molecule has 1 aromatic heterocycles. The van der Waals surface area contributed by atoms with Crippen LogP contribution in [0, 0.1) is 0 Å². The maximum atomic E-state index is 4.45. The van der Waals surface area contributed by atoms with Crippen LogP contribution in [0.4, 0.5) is 0 Å². The first kappa shape index (κ1) is 14.6. The number of nitrogens with one attached hydrogen (secondary N) is 1. The highest BCUT2D eigenvalue weighted by Gasteiger charge is 2.14.